The Labute approximate surface area is 82.0 Å². The molecular formula is C9H13FN4. The van der Waals surface area contributed by atoms with Crippen LogP contribution >= 0.6 is 0 Å². The van der Waals surface area contributed by atoms with Crippen molar-refractivity contribution in [2.45, 2.75) is 18.9 Å². The lowest BCUT2D eigenvalue weighted by Crippen LogP contribution is -2.38. The lowest BCUT2D eigenvalue weighted by atomic mass is 10.1. The van der Waals surface area contributed by atoms with Crippen LogP contribution in [0.5, 0.6) is 0 Å². The van der Waals surface area contributed by atoms with Crippen LogP contribution in [0.15, 0.2) is 12.4 Å². The van der Waals surface area contributed by atoms with E-state index < -0.39 is 5.82 Å². The minimum atomic E-state index is -0.405. The number of hydrogen-bond acceptors (Lipinski definition) is 4. The van der Waals surface area contributed by atoms with Crippen molar-refractivity contribution in [1.29, 1.82) is 0 Å². The SMILES string of the molecule is Fc1cnc(N[C@@H]2CCCNC2)nc1. The van der Waals surface area contributed by atoms with Gasteiger partial charge in [0.2, 0.25) is 5.95 Å². The molecule has 1 aliphatic heterocycles. The summed E-state index contributed by atoms with van der Waals surface area (Å²) in [7, 11) is 0. The van der Waals surface area contributed by atoms with Gasteiger partial charge in [-0.1, -0.05) is 0 Å². The zero-order valence-corrected chi connectivity index (χ0v) is 7.83. The second kappa shape index (κ2) is 4.32. The number of piperidine rings is 1. The Balaban J connectivity index is 1.92. The maximum atomic E-state index is 12.5. The third-order valence-electron chi connectivity index (χ3n) is 2.25. The summed E-state index contributed by atoms with van der Waals surface area (Å²) in [6, 6.07) is 0.356. The monoisotopic (exact) mass is 196 g/mol. The second-order valence-electron chi connectivity index (χ2n) is 3.41. The molecule has 0 radical (unpaired) electrons. The molecule has 0 saturated carbocycles. The average Bonchev–Trinajstić information content (AvgIpc) is 2.23. The first-order valence-electron chi connectivity index (χ1n) is 4.79. The molecule has 1 aliphatic rings. The van der Waals surface area contributed by atoms with Crippen LogP contribution in [0, 0.1) is 5.82 Å². The summed E-state index contributed by atoms with van der Waals surface area (Å²) in [6.45, 7) is 1.99. The Morgan fingerprint density at radius 3 is 2.86 bits per heavy atom. The van der Waals surface area contributed by atoms with Crippen LogP contribution in [-0.2, 0) is 0 Å². The number of anilines is 1. The molecule has 1 aromatic heterocycles. The van der Waals surface area contributed by atoms with Crippen LogP contribution in [-0.4, -0.2) is 29.1 Å². The van der Waals surface area contributed by atoms with E-state index in [9.17, 15) is 4.39 Å². The molecule has 4 nitrogen and oxygen atoms in total. The molecular weight excluding hydrogens is 183 g/mol. The largest absolute Gasteiger partial charge is 0.350 e. The quantitative estimate of drug-likeness (QED) is 0.734. The lowest BCUT2D eigenvalue weighted by molar-refractivity contribution is 0.477. The summed E-state index contributed by atoms with van der Waals surface area (Å²) in [5, 5.41) is 6.43. The Morgan fingerprint density at radius 1 is 1.43 bits per heavy atom. The zero-order valence-electron chi connectivity index (χ0n) is 7.83. The van der Waals surface area contributed by atoms with E-state index in [4.69, 9.17) is 0 Å². The van der Waals surface area contributed by atoms with Gasteiger partial charge in [-0.05, 0) is 19.4 Å². The first kappa shape index (κ1) is 9.33. The van der Waals surface area contributed by atoms with Gasteiger partial charge < -0.3 is 10.6 Å². The number of hydrogen-bond donors (Lipinski definition) is 2. The highest BCUT2D eigenvalue weighted by molar-refractivity contribution is 5.24. The average molecular weight is 196 g/mol. The minimum Gasteiger partial charge on any atom is -0.350 e. The predicted molar refractivity (Wildman–Crippen MR) is 51.5 cm³/mol. The van der Waals surface area contributed by atoms with E-state index in [-0.39, 0.29) is 0 Å². The third-order valence-corrected chi connectivity index (χ3v) is 2.25. The van der Waals surface area contributed by atoms with Crippen molar-refractivity contribution in [1.82, 2.24) is 15.3 Å². The van der Waals surface area contributed by atoms with E-state index in [1.54, 1.807) is 0 Å². The van der Waals surface area contributed by atoms with Gasteiger partial charge >= 0.3 is 0 Å². The topological polar surface area (TPSA) is 49.8 Å². The summed E-state index contributed by atoms with van der Waals surface area (Å²) in [5.74, 6) is 0.0948. The van der Waals surface area contributed by atoms with Gasteiger partial charge in [0.05, 0.1) is 12.4 Å². The van der Waals surface area contributed by atoms with E-state index in [0.29, 0.717) is 12.0 Å². The Hall–Kier alpha value is -1.23. The van der Waals surface area contributed by atoms with E-state index in [1.807, 2.05) is 0 Å². The van der Waals surface area contributed by atoms with Gasteiger partial charge in [-0.25, -0.2) is 14.4 Å². The van der Waals surface area contributed by atoms with Crippen LogP contribution < -0.4 is 10.6 Å². The standard InChI is InChI=1S/C9H13FN4/c10-7-4-12-9(13-5-7)14-8-2-1-3-11-6-8/h4-5,8,11H,1-3,6H2,(H,12,13,14)/t8-/m1/s1. The van der Waals surface area contributed by atoms with E-state index in [2.05, 4.69) is 20.6 Å². The number of nitrogens with zero attached hydrogens (tertiary/aromatic N) is 2. The first-order chi connectivity index (χ1) is 6.84. The molecule has 5 heteroatoms. The molecule has 1 atom stereocenters. The van der Waals surface area contributed by atoms with E-state index in [1.165, 1.54) is 12.4 Å². The Morgan fingerprint density at radius 2 is 2.21 bits per heavy atom. The molecule has 0 aromatic carbocycles. The highest BCUT2D eigenvalue weighted by atomic mass is 19.1. The number of rotatable bonds is 2. The number of nitrogens with one attached hydrogen (secondary N) is 2. The molecule has 1 aromatic rings. The summed E-state index contributed by atoms with van der Waals surface area (Å²) >= 11 is 0. The zero-order chi connectivity index (χ0) is 9.80. The van der Waals surface area contributed by atoms with Gasteiger partial charge in [-0.15, -0.1) is 0 Å². The highest BCUT2D eigenvalue weighted by Gasteiger charge is 2.13. The van der Waals surface area contributed by atoms with Crippen molar-refractivity contribution in [3.63, 3.8) is 0 Å². The molecule has 0 unspecified atom stereocenters. The van der Waals surface area contributed by atoms with Crippen LogP contribution in [0.1, 0.15) is 12.8 Å². The Bertz CT molecular complexity index is 281. The fourth-order valence-electron chi connectivity index (χ4n) is 1.54. The van der Waals surface area contributed by atoms with Crippen LogP contribution in [0.3, 0.4) is 0 Å². The number of aromatic nitrogens is 2. The van der Waals surface area contributed by atoms with Crippen molar-refractivity contribution < 1.29 is 4.39 Å². The molecule has 2 rings (SSSR count). The van der Waals surface area contributed by atoms with Crippen molar-refractivity contribution in [2.75, 3.05) is 18.4 Å². The van der Waals surface area contributed by atoms with Crippen molar-refractivity contribution >= 4 is 5.95 Å². The fourth-order valence-corrected chi connectivity index (χ4v) is 1.54. The molecule has 1 saturated heterocycles. The molecule has 14 heavy (non-hydrogen) atoms. The van der Waals surface area contributed by atoms with Gasteiger partial charge in [0.15, 0.2) is 5.82 Å². The normalized spacial score (nSPS) is 21.9. The molecule has 0 spiro atoms. The van der Waals surface area contributed by atoms with Crippen LogP contribution in [0.4, 0.5) is 10.3 Å². The Kier molecular flexibility index (Phi) is 2.88. The van der Waals surface area contributed by atoms with E-state index >= 15 is 0 Å². The molecule has 2 heterocycles. The molecule has 2 N–H and O–H groups in total. The maximum absolute atomic E-state index is 12.5. The maximum Gasteiger partial charge on any atom is 0.223 e. The smallest absolute Gasteiger partial charge is 0.223 e. The summed E-state index contributed by atoms with van der Waals surface area (Å²) in [5.41, 5.74) is 0. The van der Waals surface area contributed by atoms with Gasteiger partial charge in [0, 0.05) is 12.6 Å². The highest BCUT2D eigenvalue weighted by Crippen LogP contribution is 2.07. The number of halogens is 1. The van der Waals surface area contributed by atoms with Crippen LogP contribution in [0.2, 0.25) is 0 Å². The molecule has 76 valence electrons. The van der Waals surface area contributed by atoms with Crippen molar-refractivity contribution in [3.8, 4) is 0 Å². The fraction of sp³-hybridized carbons (Fsp3) is 0.556. The lowest BCUT2D eigenvalue weighted by Gasteiger charge is -2.23. The van der Waals surface area contributed by atoms with Gasteiger partial charge in [-0.2, -0.15) is 0 Å². The first-order valence-corrected chi connectivity index (χ1v) is 4.79. The summed E-state index contributed by atoms with van der Waals surface area (Å²) in [4.78, 5) is 7.69. The van der Waals surface area contributed by atoms with Crippen LogP contribution in [0.25, 0.3) is 0 Å². The summed E-state index contributed by atoms with van der Waals surface area (Å²) in [6.07, 6.45) is 4.60. The second-order valence-corrected chi connectivity index (χ2v) is 3.41. The molecule has 0 bridgehead atoms. The summed E-state index contributed by atoms with van der Waals surface area (Å²) < 4.78 is 12.5. The van der Waals surface area contributed by atoms with Gasteiger partial charge in [-0.3, -0.25) is 0 Å². The van der Waals surface area contributed by atoms with Gasteiger partial charge in [0.25, 0.3) is 0 Å². The van der Waals surface area contributed by atoms with Crippen molar-refractivity contribution in [3.05, 3.63) is 18.2 Å². The molecule has 0 amide bonds. The third kappa shape index (κ3) is 2.38. The minimum absolute atomic E-state index is 0.356. The molecule has 0 aliphatic carbocycles. The van der Waals surface area contributed by atoms with Gasteiger partial charge in [0.1, 0.15) is 0 Å². The van der Waals surface area contributed by atoms with E-state index in [0.717, 1.165) is 25.9 Å². The predicted octanol–water partition coefficient (Wildman–Crippen LogP) is 0.780. The molecule has 1 fully saturated rings. The van der Waals surface area contributed by atoms with Crippen molar-refractivity contribution in [2.24, 2.45) is 0 Å².